The van der Waals surface area contributed by atoms with E-state index in [1.165, 1.54) is 18.3 Å². The molecular weight excluding hydrogens is 345 g/mol. The van der Waals surface area contributed by atoms with Crippen LogP contribution < -0.4 is 15.4 Å². The number of amides is 1. The molecule has 0 unspecified atom stereocenters. The number of nitrogens with one attached hydrogen (secondary N) is 2. The zero-order chi connectivity index (χ0) is 19.1. The Morgan fingerprint density at radius 3 is 2.67 bits per heavy atom. The number of aromatic nitrogens is 1. The molecule has 138 valence electrons. The SMILES string of the molecule is CCOc1ccccc1Nc1cncc(C(=O)NCc2ccc(F)cc2)c1. The molecule has 1 aromatic heterocycles. The van der Waals surface area contributed by atoms with E-state index in [0.717, 1.165) is 17.0 Å². The third-order valence-electron chi connectivity index (χ3n) is 3.83. The number of carbonyl (C=O) groups is 1. The molecule has 0 spiro atoms. The van der Waals surface area contributed by atoms with Crippen molar-refractivity contribution in [2.24, 2.45) is 0 Å². The van der Waals surface area contributed by atoms with Crippen LogP contribution >= 0.6 is 0 Å². The molecule has 1 amide bonds. The summed E-state index contributed by atoms with van der Waals surface area (Å²) in [5.74, 6) is 0.167. The van der Waals surface area contributed by atoms with Crippen LogP contribution in [0, 0.1) is 5.82 Å². The van der Waals surface area contributed by atoms with Gasteiger partial charge in [-0.3, -0.25) is 9.78 Å². The number of carbonyl (C=O) groups excluding carboxylic acids is 1. The Balaban J connectivity index is 1.68. The summed E-state index contributed by atoms with van der Waals surface area (Å²) in [7, 11) is 0. The molecule has 2 N–H and O–H groups in total. The summed E-state index contributed by atoms with van der Waals surface area (Å²) in [6, 6.07) is 15.3. The molecular formula is C21H20FN3O2. The lowest BCUT2D eigenvalue weighted by molar-refractivity contribution is 0.0950. The Labute approximate surface area is 157 Å². The van der Waals surface area contributed by atoms with E-state index in [0.29, 0.717) is 24.4 Å². The van der Waals surface area contributed by atoms with Crippen molar-refractivity contribution in [1.82, 2.24) is 10.3 Å². The first-order valence-electron chi connectivity index (χ1n) is 8.62. The van der Waals surface area contributed by atoms with Gasteiger partial charge in [0.25, 0.3) is 5.91 Å². The molecule has 2 aromatic carbocycles. The fourth-order valence-electron chi connectivity index (χ4n) is 2.53. The number of pyridine rings is 1. The largest absolute Gasteiger partial charge is 0.492 e. The van der Waals surface area contributed by atoms with Gasteiger partial charge in [-0.1, -0.05) is 24.3 Å². The van der Waals surface area contributed by atoms with Crippen molar-refractivity contribution in [2.45, 2.75) is 13.5 Å². The first kappa shape index (κ1) is 18.4. The number of hydrogen-bond acceptors (Lipinski definition) is 4. The molecule has 0 atom stereocenters. The van der Waals surface area contributed by atoms with E-state index in [-0.39, 0.29) is 11.7 Å². The number of ether oxygens (including phenoxy) is 1. The van der Waals surface area contributed by atoms with Gasteiger partial charge in [-0.2, -0.15) is 0 Å². The molecule has 0 bridgehead atoms. The van der Waals surface area contributed by atoms with Crippen LogP contribution in [0.25, 0.3) is 0 Å². The molecule has 0 saturated carbocycles. The van der Waals surface area contributed by atoms with Gasteiger partial charge in [0.05, 0.1) is 29.7 Å². The van der Waals surface area contributed by atoms with Gasteiger partial charge in [0.2, 0.25) is 0 Å². The quantitative estimate of drug-likeness (QED) is 0.655. The summed E-state index contributed by atoms with van der Waals surface area (Å²) in [6.45, 7) is 2.79. The molecule has 0 fully saturated rings. The monoisotopic (exact) mass is 365 g/mol. The molecule has 0 saturated heterocycles. The zero-order valence-electron chi connectivity index (χ0n) is 14.9. The number of benzene rings is 2. The van der Waals surface area contributed by atoms with Crippen LogP contribution in [0.2, 0.25) is 0 Å². The summed E-state index contributed by atoms with van der Waals surface area (Å²) < 4.78 is 18.5. The van der Waals surface area contributed by atoms with Gasteiger partial charge in [-0.05, 0) is 42.8 Å². The average molecular weight is 365 g/mol. The highest BCUT2D eigenvalue weighted by Gasteiger charge is 2.09. The van der Waals surface area contributed by atoms with E-state index in [4.69, 9.17) is 4.74 Å². The first-order chi connectivity index (χ1) is 13.2. The van der Waals surface area contributed by atoms with Gasteiger partial charge < -0.3 is 15.4 Å². The molecule has 3 aromatic rings. The van der Waals surface area contributed by atoms with Crippen molar-refractivity contribution in [3.63, 3.8) is 0 Å². The molecule has 0 aliphatic heterocycles. The molecule has 6 heteroatoms. The topological polar surface area (TPSA) is 63.2 Å². The fourth-order valence-corrected chi connectivity index (χ4v) is 2.53. The van der Waals surface area contributed by atoms with Crippen LogP contribution in [0.15, 0.2) is 67.0 Å². The zero-order valence-corrected chi connectivity index (χ0v) is 14.9. The summed E-state index contributed by atoms with van der Waals surface area (Å²) in [5, 5.41) is 6.03. The maximum atomic E-state index is 12.9. The molecule has 0 aliphatic carbocycles. The standard InChI is InChI=1S/C21H20FN3O2/c1-2-27-20-6-4-3-5-19(20)25-18-11-16(13-23-14-18)21(26)24-12-15-7-9-17(22)10-8-15/h3-11,13-14,25H,2,12H2,1H3,(H,24,26). The molecule has 0 radical (unpaired) electrons. The molecule has 1 heterocycles. The number of para-hydroxylation sites is 2. The lowest BCUT2D eigenvalue weighted by Gasteiger charge is -2.12. The maximum absolute atomic E-state index is 12.9. The first-order valence-corrected chi connectivity index (χ1v) is 8.62. The molecule has 27 heavy (non-hydrogen) atoms. The molecule has 5 nitrogen and oxygen atoms in total. The summed E-state index contributed by atoms with van der Waals surface area (Å²) in [4.78, 5) is 16.5. The second kappa shape index (κ2) is 8.80. The number of rotatable bonds is 7. The number of hydrogen-bond donors (Lipinski definition) is 2. The Morgan fingerprint density at radius 1 is 1.11 bits per heavy atom. The summed E-state index contributed by atoms with van der Waals surface area (Å²) in [5.41, 5.74) is 2.72. The molecule has 0 aliphatic rings. The van der Waals surface area contributed by atoms with E-state index in [1.54, 1.807) is 24.4 Å². The Bertz CT molecular complexity index is 913. The van der Waals surface area contributed by atoms with E-state index in [2.05, 4.69) is 15.6 Å². The highest BCUT2D eigenvalue weighted by atomic mass is 19.1. The number of nitrogens with zero attached hydrogens (tertiary/aromatic N) is 1. The number of anilines is 2. The van der Waals surface area contributed by atoms with Crippen LogP contribution in [0.3, 0.4) is 0 Å². The highest BCUT2D eigenvalue weighted by molar-refractivity contribution is 5.94. The van der Waals surface area contributed by atoms with Crippen molar-refractivity contribution in [1.29, 1.82) is 0 Å². The minimum Gasteiger partial charge on any atom is -0.492 e. The second-order valence-electron chi connectivity index (χ2n) is 5.83. The third kappa shape index (κ3) is 5.04. The van der Waals surface area contributed by atoms with Crippen molar-refractivity contribution in [3.05, 3.63) is 83.9 Å². The fraction of sp³-hybridized carbons (Fsp3) is 0.143. The predicted octanol–water partition coefficient (Wildman–Crippen LogP) is 4.29. The lowest BCUT2D eigenvalue weighted by atomic mass is 10.2. The van der Waals surface area contributed by atoms with Crippen LogP contribution in [0.1, 0.15) is 22.8 Å². The minimum atomic E-state index is -0.305. The molecule has 3 rings (SSSR count). The van der Waals surface area contributed by atoms with Gasteiger partial charge in [-0.25, -0.2) is 4.39 Å². The van der Waals surface area contributed by atoms with Gasteiger partial charge >= 0.3 is 0 Å². The Kier molecular flexibility index (Phi) is 5.99. The van der Waals surface area contributed by atoms with Crippen molar-refractivity contribution in [2.75, 3.05) is 11.9 Å². The van der Waals surface area contributed by atoms with E-state index >= 15 is 0 Å². The van der Waals surface area contributed by atoms with Crippen LogP contribution in [-0.4, -0.2) is 17.5 Å². The normalized spacial score (nSPS) is 10.3. The average Bonchev–Trinajstić information content (AvgIpc) is 2.69. The van der Waals surface area contributed by atoms with E-state index < -0.39 is 0 Å². The lowest BCUT2D eigenvalue weighted by Crippen LogP contribution is -2.23. The smallest absolute Gasteiger partial charge is 0.253 e. The van der Waals surface area contributed by atoms with Crippen LogP contribution in [0.5, 0.6) is 5.75 Å². The van der Waals surface area contributed by atoms with Crippen LogP contribution in [0.4, 0.5) is 15.8 Å². The van der Waals surface area contributed by atoms with Crippen molar-refractivity contribution < 1.29 is 13.9 Å². The second-order valence-corrected chi connectivity index (χ2v) is 5.83. The summed E-state index contributed by atoms with van der Waals surface area (Å²) in [6.07, 6.45) is 3.14. The Morgan fingerprint density at radius 2 is 1.89 bits per heavy atom. The maximum Gasteiger partial charge on any atom is 0.253 e. The predicted molar refractivity (Wildman–Crippen MR) is 103 cm³/mol. The van der Waals surface area contributed by atoms with Gasteiger partial charge in [0.1, 0.15) is 11.6 Å². The van der Waals surface area contributed by atoms with Crippen LogP contribution in [-0.2, 0) is 6.54 Å². The summed E-state index contributed by atoms with van der Waals surface area (Å²) >= 11 is 0. The van der Waals surface area contributed by atoms with Gasteiger partial charge in [0.15, 0.2) is 0 Å². The Hall–Kier alpha value is -3.41. The van der Waals surface area contributed by atoms with E-state index in [1.807, 2.05) is 31.2 Å². The highest BCUT2D eigenvalue weighted by Crippen LogP contribution is 2.27. The number of halogens is 1. The van der Waals surface area contributed by atoms with Crippen molar-refractivity contribution >= 4 is 17.3 Å². The minimum absolute atomic E-state index is 0.256. The van der Waals surface area contributed by atoms with Gasteiger partial charge in [-0.15, -0.1) is 0 Å². The third-order valence-corrected chi connectivity index (χ3v) is 3.83. The van der Waals surface area contributed by atoms with Crippen molar-refractivity contribution in [3.8, 4) is 5.75 Å². The van der Waals surface area contributed by atoms with Gasteiger partial charge in [0, 0.05) is 12.7 Å². The van der Waals surface area contributed by atoms with E-state index in [9.17, 15) is 9.18 Å².